The van der Waals surface area contributed by atoms with E-state index in [0.29, 0.717) is 12.6 Å². The molecular weight excluding hydrogens is 378 g/mol. The van der Waals surface area contributed by atoms with Crippen molar-refractivity contribution >= 4 is 43.9 Å². The Bertz CT molecular complexity index is 1210. The largest absolute Gasteiger partial charge is 0.294 e. The molecular formula is C24H21N3OS. The highest BCUT2D eigenvalue weighted by Gasteiger charge is 2.32. The van der Waals surface area contributed by atoms with Crippen molar-refractivity contribution in [2.75, 3.05) is 24.7 Å². The van der Waals surface area contributed by atoms with Crippen molar-refractivity contribution < 1.29 is 4.79 Å². The summed E-state index contributed by atoms with van der Waals surface area (Å²) in [4.78, 5) is 22.4. The van der Waals surface area contributed by atoms with Gasteiger partial charge in [0.1, 0.15) is 0 Å². The molecule has 4 nitrogen and oxygen atoms in total. The van der Waals surface area contributed by atoms with Crippen molar-refractivity contribution in [3.63, 3.8) is 0 Å². The summed E-state index contributed by atoms with van der Waals surface area (Å²) in [5.74, 6) is 0.566. The van der Waals surface area contributed by atoms with Crippen LogP contribution in [-0.2, 0) is 0 Å². The molecule has 1 unspecified atom stereocenters. The second kappa shape index (κ2) is 6.65. The number of benzene rings is 3. The average Bonchev–Trinajstić information content (AvgIpc) is 3.31. The molecule has 29 heavy (non-hydrogen) atoms. The van der Waals surface area contributed by atoms with Gasteiger partial charge >= 0.3 is 0 Å². The van der Waals surface area contributed by atoms with Crippen molar-refractivity contribution in [3.05, 3.63) is 71.2 Å². The Morgan fingerprint density at radius 3 is 2.79 bits per heavy atom. The standard InChI is InChI=1S/C24H21N3OS/c28-24-18-9-3-6-16-7-4-11-20(22(16)18)27(24)15-26-13-5-8-17(14-26)23-25-19-10-1-2-12-21(19)29-23/h1-4,6-7,9-12,17H,5,8,13-15H2. The minimum atomic E-state index is 0.124. The van der Waals surface area contributed by atoms with Crippen LogP contribution in [0.15, 0.2) is 60.7 Å². The maximum Gasteiger partial charge on any atom is 0.260 e. The molecule has 1 aromatic heterocycles. The van der Waals surface area contributed by atoms with Gasteiger partial charge in [0, 0.05) is 23.4 Å². The summed E-state index contributed by atoms with van der Waals surface area (Å²) in [6.45, 7) is 2.63. The maximum absolute atomic E-state index is 13.1. The summed E-state index contributed by atoms with van der Waals surface area (Å²) < 4.78 is 1.26. The lowest BCUT2D eigenvalue weighted by atomic mass is 9.99. The van der Waals surface area contributed by atoms with Gasteiger partial charge in [-0.05, 0) is 49.0 Å². The predicted octanol–water partition coefficient (Wildman–Crippen LogP) is 5.25. The molecule has 0 N–H and O–H groups in total. The number of carbonyl (C=O) groups excluding carboxylic acids is 1. The van der Waals surface area contributed by atoms with Crippen LogP contribution in [0.1, 0.15) is 34.1 Å². The number of anilines is 1. The third-order valence-electron chi connectivity index (χ3n) is 6.16. The fraction of sp³-hybridized carbons (Fsp3) is 0.250. The van der Waals surface area contributed by atoms with Crippen LogP contribution in [0.4, 0.5) is 5.69 Å². The van der Waals surface area contributed by atoms with E-state index in [1.807, 2.05) is 34.4 Å². The normalized spacial score (nSPS) is 19.5. The highest BCUT2D eigenvalue weighted by Crippen LogP contribution is 2.38. The average molecular weight is 400 g/mol. The number of fused-ring (bicyclic) bond motifs is 1. The molecule has 1 atom stereocenters. The number of rotatable bonds is 3. The molecule has 0 spiro atoms. The zero-order chi connectivity index (χ0) is 19.4. The SMILES string of the molecule is O=C1c2cccc3cccc(c23)N1CN1CCCC(c2nc3ccccc3s2)C1. The van der Waals surface area contributed by atoms with E-state index in [0.717, 1.165) is 47.1 Å². The highest BCUT2D eigenvalue weighted by atomic mass is 32.1. The number of hydrogen-bond acceptors (Lipinski definition) is 4. The summed E-state index contributed by atoms with van der Waals surface area (Å²) >= 11 is 1.82. The summed E-state index contributed by atoms with van der Waals surface area (Å²) in [6, 6.07) is 20.6. The van der Waals surface area contributed by atoms with Gasteiger partial charge in [-0.3, -0.25) is 14.6 Å². The van der Waals surface area contributed by atoms with Gasteiger partial charge in [-0.2, -0.15) is 0 Å². The first-order chi connectivity index (χ1) is 14.3. The van der Waals surface area contributed by atoms with Crippen molar-refractivity contribution in [1.29, 1.82) is 0 Å². The van der Waals surface area contributed by atoms with E-state index >= 15 is 0 Å². The minimum absolute atomic E-state index is 0.124. The van der Waals surface area contributed by atoms with Crippen LogP contribution in [0.25, 0.3) is 21.0 Å². The maximum atomic E-state index is 13.1. The van der Waals surface area contributed by atoms with Crippen molar-refractivity contribution in [2.24, 2.45) is 0 Å². The van der Waals surface area contributed by atoms with E-state index < -0.39 is 0 Å². The van der Waals surface area contributed by atoms with Gasteiger partial charge in [0.05, 0.1) is 27.6 Å². The van der Waals surface area contributed by atoms with E-state index in [4.69, 9.17) is 4.98 Å². The van der Waals surface area contributed by atoms with Gasteiger partial charge in [0.25, 0.3) is 5.91 Å². The smallest absolute Gasteiger partial charge is 0.260 e. The Morgan fingerprint density at radius 1 is 1.03 bits per heavy atom. The van der Waals surface area contributed by atoms with Crippen LogP contribution in [-0.4, -0.2) is 35.5 Å². The molecule has 1 fully saturated rings. The quantitative estimate of drug-likeness (QED) is 0.472. The number of carbonyl (C=O) groups is 1. The molecule has 3 aromatic carbocycles. The van der Waals surface area contributed by atoms with Gasteiger partial charge in [-0.1, -0.05) is 36.4 Å². The second-order valence-electron chi connectivity index (χ2n) is 7.99. The summed E-state index contributed by atoms with van der Waals surface area (Å²) in [7, 11) is 0. The number of amides is 1. The summed E-state index contributed by atoms with van der Waals surface area (Å²) in [6.07, 6.45) is 2.31. The topological polar surface area (TPSA) is 36.4 Å². The molecule has 3 heterocycles. The third kappa shape index (κ3) is 2.76. The number of nitrogens with zero attached hydrogens (tertiary/aromatic N) is 3. The number of hydrogen-bond donors (Lipinski definition) is 0. The molecule has 4 aromatic rings. The highest BCUT2D eigenvalue weighted by molar-refractivity contribution is 7.18. The minimum Gasteiger partial charge on any atom is -0.294 e. The van der Waals surface area contributed by atoms with Crippen molar-refractivity contribution in [2.45, 2.75) is 18.8 Å². The molecule has 5 heteroatoms. The molecule has 0 aliphatic carbocycles. The lowest BCUT2D eigenvalue weighted by Crippen LogP contribution is -2.44. The third-order valence-corrected chi connectivity index (χ3v) is 7.35. The molecule has 144 valence electrons. The molecule has 1 saturated heterocycles. The zero-order valence-corrected chi connectivity index (χ0v) is 16.9. The molecule has 0 bridgehead atoms. The van der Waals surface area contributed by atoms with E-state index in [2.05, 4.69) is 47.4 Å². The Balaban J connectivity index is 1.26. The molecule has 6 rings (SSSR count). The second-order valence-corrected chi connectivity index (χ2v) is 9.05. The fourth-order valence-electron chi connectivity index (χ4n) is 4.77. The molecule has 1 amide bonds. The van der Waals surface area contributed by atoms with Crippen LogP contribution in [0.3, 0.4) is 0 Å². The molecule has 0 radical (unpaired) electrons. The van der Waals surface area contributed by atoms with Gasteiger partial charge in [0.2, 0.25) is 0 Å². The van der Waals surface area contributed by atoms with Gasteiger partial charge in [0.15, 0.2) is 0 Å². The van der Waals surface area contributed by atoms with Crippen LogP contribution < -0.4 is 4.90 Å². The Labute approximate surface area is 173 Å². The van der Waals surface area contributed by atoms with Crippen LogP contribution in [0, 0.1) is 0 Å². The van der Waals surface area contributed by atoms with Crippen LogP contribution >= 0.6 is 11.3 Å². The lowest BCUT2D eigenvalue weighted by molar-refractivity contribution is 0.0965. The number of para-hydroxylation sites is 1. The summed E-state index contributed by atoms with van der Waals surface area (Å²) in [5, 5.41) is 3.47. The van der Waals surface area contributed by atoms with Gasteiger partial charge in [-0.25, -0.2) is 4.98 Å². The summed E-state index contributed by atoms with van der Waals surface area (Å²) in [5.41, 5.74) is 2.98. The number of thiazole rings is 1. The van der Waals surface area contributed by atoms with E-state index in [1.54, 1.807) is 0 Å². The number of piperidine rings is 1. The van der Waals surface area contributed by atoms with E-state index in [9.17, 15) is 4.79 Å². The first-order valence-electron chi connectivity index (χ1n) is 10.2. The number of aromatic nitrogens is 1. The van der Waals surface area contributed by atoms with Crippen molar-refractivity contribution in [1.82, 2.24) is 9.88 Å². The van der Waals surface area contributed by atoms with Crippen molar-refractivity contribution in [3.8, 4) is 0 Å². The Hall–Kier alpha value is -2.76. The van der Waals surface area contributed by atoms with E-state index in [1.165, 1.54) is 16.1 Å². The number of likely N-dealkylation sites (tertiary alicyclic amines) is 1. The lowest BCUT2D eigenvalue weighted by Gasteiger charge is -2.34. The van der Waals surface area contributed by atoms with Crippen LogP contribution in [0.5, 0.6) is 0 Å². The molecule has 2 aliphatic heterocycles. The molecule has 0 saturated carbocycles. The Morgan fingerprint density at radius 2 is 1.90 bits per heavy atom. The Kier molecular flexibility index (Phi) is 3.93. The fourth-order valence-corrected chi connectivity index (χ4v) is 5.86. The zero-order valence-electron chi connectivity index (χ0n) is 16.0. The van der Waals surface area contributed by atoms with Gasteiger partial charge < -0.3 is 0 Å². The first kappa shape index (κ1) is 17.1. The first-order valence-corrected chi connectivity index (χ1v) is 11.0. The predicted molar refractivity (Wildman–Crippen MR) is 119 cm³/mol. The van der Waals surface area contributed by atoms with Gasteiger partial charge in [-0.15, -0.1) is 11.3 Å². The monoisotopic (exact) mass is 399 g/mol. The van der Waals surface area contributed by atoms with E-state index in [-0.39, 0.29) is 5.91 Å². The molecule has 2 aliphatic rings. The van der Waals surface area contributed by atoms with Crippen LogP contribution in [0.2, 0.25) is 0 Å².